The van der Waals surface area contributed by atoms with Gasteiger partial charge in [0.05, 0.1) is 12.2 Å². The highest BCUT2D eigenvalue weighted by Crippen LogP contribution is 2.01. The van der Waals surface area contributed by atoms with Crippen LogP contribution in [0.1, 0.15) is 34.1 Å². The Hall–Kier alpha value is -0.550. The molecule has 0 saturated carbocycles. The third-order valence-corrected chi connectivity index (χ3v) is 0.813. The summed E-state index contributed by atoms with van der Waals surface area (Å²) in [5.41, 5.74) is 0. The zero-order valence-electron chi connectivity index (χ0n) is 7.26. The van der Waals surface area contributed by atoms with E-state index in [4.69, 9.17) is 10.4 Å². The lowest BCUT2D eigenvalue weighted by Crippen LogP contribution is -2.03. The Morgan fingerprint density at radius 2 is 1.70 bits per heavy atom. The maximum Gasteiger partial charge on any atom is 0.0587 e. The van der Waals surface area contributed by atoms with Crippen LogP contribution in [0.4, 0.5) is 0 Å². The lowest BCUT2D eigenvalue weighted by atomic mass is 10.1. The van der Waals surface area contributed by atoms with Crippen LogP contribution < -0.4 is 0 Å². The molecule has 0 aromatic rings. The molecule has 0 fully saturated rings. The van der Waals surface area contributed by atoms with E-state index in [0.717, 1.165) is 6.42 Å². The summed E-state index contributed by atoms with van der Waals surface area (Å²) in [6.07, 6.45) is 0.792. The van der Waals surface area contributed by atoms with Gasteiger partial charge in [-0.1, -0.05) is 13.8 Å². The minimum atomic E-state index is -0.125. The van der Waals surface area contributed by atoms with Gasteiger partial charge < -0.3 is 5.11 Å². The summed E-state index contributed by atoms with van der Waals surface area (Å²) in [7, 11) is 0. The summed E-state index contributed by atoms with van der Waals surface area (Å²) in [5.74, 6) is 0.625. The molecule has 0 bridgehead atoms. The Balaban J connectivity index is 0. The summed E-state index contributed by atoms with van der Waals surface area (Å²) in [5, 5.41) is 16.0. The van der Waals surface area contributed by atoms with Crippen LogP contribution in [0.5, 0.6) is 0 Å². The first-order valence-corrected chi connectivity index (χ1v) is 3.53. The topological polar surface area (TPSA) is 44.0 Å². The van der Waals surface area contributed by atoms with Crippen LogP contribution >= 0.6 is 0 Å². The molecule has 0 aliphatic heterocycles. The predicted octanol–water partition coefficient (Wildman–Crippen LogP) is 1.94. The fourth-order valence-electron chi connectivity index (χ4n) is 0.682. The van der Waals surface area contributed by atoms with E-state index in [9.17, 15) is 0 Å². The van der Waals surface area contributed by atoms with E-state index in [0.29, 0.717) is 5.92 Å². The number of hydrogen-bond acceptors (Lipinski definition) is 2. The maximum atomic E-state index is 8.72. The van der Waals surface area contributed by atoms with Gasteiger partial charge in [-0.2, -0.15) is 5.26 Å². The SMILES string of the molecule is CC#N.CC(C)CC(C)O. The van der Waals surface area contributed by atoms with Crippen molar-refractivity contribution in [2.24, 2.45) is 5.92 Å². The van der Waals surface area contributed by atoms with Crippen LogP contribution in [0.15, 0.2) is 0 Å². The summed E-state index contributed by atoms with van der Waals surface area (Å²) >= 11 is 0. The second kappa shape index (κ2) is 8.45. The van der Waals surface area contributed by atoms with Gasteiger partial charge in [0.2, 0.25) is 0 Å². The number of nitrogens with zero attached hydrogens (tertiary/aromatic N) is 1. The van der Waals surface area contributed by atoms with Crippen molar-refractivity contribution in [1.82, 2.24) is 0 Å². The minimum absolute atomic E-state index is 0.125. The quantitative estimate of drug-likeness (QED) is 0.642. The number of nitriles is 1. The molecular weight excluding hydrogens is 126 g/mol. The second-order valence-electron chi connectivity index (χ2n) is 2.70. The van der Waals surface area contributed by atoms with E-state index in [1.807, 2.05) is 6.92 Å². The summed E-state index contributed by atoms with van der Waals surface area (Å²) in [6, 6.07) is 1.75. The van der Waals surface area contributed by atoms with Gasteiger partial charge in [-0.25, -0.2) is 0 Å². The first-order chi connectivity index (χ1) is 4.54. The highest BCUT2D eigenvalue weighted by molar-refractivity contribution is 4.51. The average Bonchev–Trinajstić information content (AvgIpc) is 1.62. The predicted molar refractivity (Wildman–Crippen MR) is 42.4 cm³/mol. The Labute approximate surface area is 63.5 Å². The van der Waals surface area contributed by atoms with Gasteiger partial charge in [-0.15, -0.1) is 0 Å². The van der Waals surface area contributed by atoms with Gasteiger partial charge in [-0.05, 0) is 19.3 Å². The van der Waals surface area contributed by atoms with Crippen LogP contribution in [-0.2, 0) is 0 Å². The number of hydrogen-bond donors (Lipinski definition) is 1. The van der Waals surface area contributed by atoms with Crippen molar-refractivity contribution in [3.8, 4) is 6.07 Å². The molecule has 0 aromatic heterocycles. The lowest BCUT2D eigenvalue weighted by Gasteiger charge is -2.04. The fourth-order valence-corrected chi connectivity index (χ4v) is 0.682. The first kappa shape index (κ1) is 12.2. The van der Waals surface area contributed by atoms with Crippen LogP contribution in [0, 0.1) is 17.2 Å². The Bertz CT molecular complexity index is 85.9. The molecule has 10 heavy (non-hydrogen) atoms. The van der Waals surface area contributed by atoms with Gasteiger partial charge in [-0.3, -0.25) is 0 Å². The van der Waals surface area contributed by atoms with Crippen molar-refractivity contribution in [3.05, 3.63) is 0 Å². The molecule has 0 aliphatic carbocycles. The number of aliphatic hydroxyl groups excluding tert-OH is 1. The molecule has 0 spiro atoms. The van der Waals surface area contributed by atoms with Crippen LogP contribution in [0.3, 0.4) is 0 Å². The summed E-state index contributed by atoms with van der Waals surface area (Å²) in [6.45, 7) is 7.46. The molecular formula is C8H17NO. The normalized spacial score (nSPS) is 11.3. The summed E-state index contributed by atoms with van der Waals surface area (Å²) < 4.78 is 0. The maximum absolute atomic E-state index is 8.72. The van der Waals surface area contributed by atoms with E-state index in [1.165, 1.54) is 6.92 Å². The number of aliphatic hydroxyl groups is 1. The molecule has 2 nitrogen and oxygen atoms in total. The zero-order valence-corrected chi connectivity index (χ0v) is 7.26. The van der Waals surface area contributed by atoms with Gasteiger partial charge in [0.1, 0.15) is 0 Å². The Morgan fingerprint density at radius 3 is 1.70 bits per heavy atom. The lowest BCUT2D eigenvalue weighted by molar-refractivity contribution is 0.168. The molecule has 0 rings (SSSR count). The molecule has 1 atom stereocenters. The smallest absolute Gasteiger partial charge is 0.0587 e. The van der Waals surface area contributed by atoms with E-state index in [2.05, 4.69) is 13.8 Å². The highest BCUT2D eigenvalue weighted by Gasteiger charge is 1.97. The third-order valence-electron chi connectivity index (χ3n) is 0.813. The summed E-state index contributed by atoms with van der Waals surface area (Å²) in [4.78, 5) is 0. The molecule has 0 heterocycles. The molecule has 0 radical (unpaired) electrons. The molecule has 1 N–H and O–H groups in total. The van der Waals surface area contributed by atoms with Crippen LogP contribution in [0.25, 0.3) is 0 Å². The van der Waals surface area contributed by atoms with Crippen LogP contribution in [0.2, 0.25) is 0 Å². The van der Waals surface area contributed by atoms with Crippen LogP contribution in [-0.4, -0.2) is 11.2 Å². The first-order valence-electron chi connectivity index (χ1n) is 3.53. The van der Waals surface area contributed by atoms with Crippen molar-refractivity contribution in [2.75, 3.05) is 0 Å². The van der Waals surface area contributed by atoms with Gasteiger partial charge in [0.15, 0.2) is 0 Å². The molecule has 0 aliphatic rings. The molecule has 0 saturated heterocycles. The fraction of sp³-hybridized carbons (Fsp3) is 0.875. The van der Waals surface area contributed by atoms with Crippen molar-refractivity contribution >= 4 is 0 Å². The second-order valence-corrected chi connectivity index (χ2v) is 2.70. The monoisotopic (exact) mass is 143 g/mol. The van der Waals surface area contributed by atoms with E-state index in [1.54, 1.807) is 6.07 Å². The standard InChI is InChI=1S/C6H14O.C2H3N/c1-5(2)4-6(3)7;1-2-3/h5-7H,4H2,1-3H3;1H3. The van der Waals surface area contributed by atoms with E-state index in [-0.39, 0.29) is 6.10 Å². The molecule has 60 valence electrons. The average molecular weight is 143 g/mol. The van der Waals surface area contributed by atoms with E-state index < -0.39 is 0 Å². The highest BCUT2D eigenvalue weighted by atomic mass is 16.3. The Morgan fingerprint density at radius 1 is 1.40 bits per heavy atom. The van der Waals surface area contributed by atoms with Gasteiger partial charge >= 0.3 is 0 Å². The van der Waals surface area contributed by atoms with Crippen molar-refractivity contribution in [2.45, 2.75) is 40.2 Å². The molecule has 0 amide bonds. The van der Waals surface area contributed by atoms with E-state index >= 15 is 0 Å². The Kier molecular flexibility index (Phi) is 10.3. The van der Waals surface area contributed by atoms with Crippen molar-refractivity contribution in [1.29, 1.82) is 5.26 Å². The zero-order chi connectivity index (χ0) is 8.57. The third kappa shape index (κ3) is 26.0. The number of rotatable bonds is 2. The van der Waals surface area contributed by atoms with Crippen molar-refractivity contribution < 1.29 is 5.11 Å². The van der Waals surface area contributed by atoms with Crippen molar-refractivity contribution in [3.63, 3.8) is 0 Å². The largest absolute Gasteiger partial charge is 0.393 e. The van der Waals surface area contributed by atoms with Gasteiger partial charge in [0.25, 0.3) is 0 Å². The minimum Gasteiger partial charge on any atom is -0.393 e. The molecule has 2 heteroatoms. The molecule has 1 unspecified atom stereocenters. The molecule has 0 aromatic carbocycles. The van der Waals surface area contributed by atoms with Gasteiger partial charge in [0, 0.05) is 6.92 Å².